The van der Waals surface area contributed by atoms with Gasteiger partial charge in [-0.15, -0.1) is 0 Å². The second-order valence-electron chi connectivity index (χ2n) is 10.1. The lowest BCUT2D eigenvalue weighted by Crippen LogP contribution is -2.43. The van der Waals surface area contributed by atoms with Gasteiger partial charge >= 0.3 is 17.9 Å². The Bertz CT molecular complexity index is 943. The summed E-state index contributed by atoms with van der Waals surface area (Å²) in [6, 6.07) is 0. The average molecular weight is 625 g/mol. The maximum atomic E-state index is 13.0. The number of carbonyl (C=O) groups is 3. The van der Waals surface area contributed by atoms with Crippen LogP contribution < -0.4 is 0 Å². The molecule has 12 heteroatoms. The van der Waals surface area contributed by atoms with Gasteiger partial charge in [0.25, 0.3) is 0 Å². The van der Waals surface area contributed by atoms with E-state index in [-0.39, 0.29) is 50.3 Å². The fourth-order valence-electron chi connectivity index (χ4n) is 3.90. The molecule has 2 unspecified atom stereocenters. The summed E-state index contributed by atoms with van der Waals surface area (Å²) in [5.74, 6) is -2.18. The quantitative estimate of drug-likeness (QED) is 0.227. The smallest absolute Gasteiger partial charge is 0.322 e. The summed E-state index contributed by atoms with van der Waals surface area (Å²) in [7, 11) is 0. The molecule has 3 rings (SSSR count). The van der Waals surface area contributed by atoms with Crippen LogP contribution in [0.3, 0.4) is 0 Å². The molecule has 2 aliphatic rings. The summed E-state index contributed by atoms with van der Waals surface area (Å²) >= 11 is 6.42. The van der Waals surface area contributed by atoms with Gasteiger partial charge < -0.3 is 29.2 Å². The van der Waals surface area contributed by atoms with Gasteiger partial charge in [-0.2, -0.15) is 0 Å². The van der Waals surface area contributed by atoms with Crippen LogP contribution in [0.25, 0.3) is 0 Å². The Morgan fingerprint density at radius 1 is 0.857 bits per heavy atom. The zero-order valence-corrected chi connectivity index (χ0v) is 23.5. The fourth-order valence-corrected chi connectivity index (χ4v) is 4.13. The van der Waals surface area contributed by atoms with Crippen LogP contribution in [0, 0.1) is 5.41 Å². The highest BCUT2D eigenvalue weighted by Crippen LogP contribution is 2.57. The minimum Gasteiger partial charge on any atom is -0.494 e. The summed E-state index contributed by atoms with van der Waals surface area (Å²) < 4.78 is 21.1. The van der Waals surface area contributed by atoms with Crippen molar-refractivity contribution in [3.63, 3.8) is 0 Å². The van der Waals surface area contributed by atoms with Crippen molar-refractivity contribution >= 4 is 49.8 Å². The molecule has 1 aromatic rings. The number of fused-ring (bicyclic) bond motifs is 5. The number of hydrogen-bond donors (Lipinski definition) is 2. The first-order valence-electron chi connectivity index (χ1n) is 11.3. The molecule has 3 heterocycles. The molecule has 0 radical (unpaired) electrons. The van der Waals surface area contributed by atoms with Crippen LogP contribution in [0.15, 0.2) is 0 Å². The number of rotatable bonds is 10. The highest BCUT2D eigenvalue weighted by atomic mass is 79.9. The van der Waals surface area contributed by atoms with Crippen LogP contribution >= 0.6 is 31.9 Å². The van der Waals surface area contributed by atoms with Gasteiger partial charge in [-0.25, -0.2) is 0 Å². The lowest BCUT2D eigenvalue weighted by molar-refractivity contribution is -0.171. The Morgan fingerprint density at radius 2 is 1.29 bits per heavy atom. The monoisotopic (exact) mass is 623 g/mol. The van der Waals surface area contributed by atoms with E-state index in [2.05, 4.69) is 31.9 Å². The SMILES string of the molecule is CC(C)(Br)C(=O)OCC(C)(COC(=O)C(C)(C)Br)C(=O)OCCn1c(O)c2c(c1O)C1CCC2O1. The van der Waals surface area contributed by atoms with Gasteiger partial charge in [0.05, 0.1) is 29.9 Å². The molecule has 1 fully saturated rings. The van der Waals surface area contributed by atoms with Crippen LogP contribution in [0.2, 0.25) is 0 Å². The number of aromatic nitrogens is 1. The van der Waals surface area contributed by atoms with Crippen molar-refractivity contribution in [2.75, 3.05) is 19.8 Å². The third kappa shape index (κ3) is 5.80. The largest absolute Gasteiger partial charge is 0.494 e. The van der Waals surface area contributed by atoms with Gasteiger partial charge in [-0.3, -0.25) is 19.0 Å². The van der Waals surface area contributed by atoms with Crippen LogP contribution in [0.1, 0.15) is 70.8 Å². The minimum atomic E-state index is -1.49. The van der Waals surface area contributed by atoms with E-state index in [4.69, 9.17) is 18.9 Å². The summed E-state index contributed by atoms with van der Waals surface area (Å²) in [4.78, 5) is 37.5. The maximum Gasteiger partial charge on any atom is 0.322 e. The number of esters is 3. The van der Waals surface area contributed by atoms with E-state index in [1.54, 1.807) is 27.7 Å². The molecule has 0 saturated carbocycles. The van der Waals surface area contributed by atoms with Crippen molar-refractivity contribution in [1.82, 2.24) is 4.57 Å². The molecular formula is C23H31Br2NO9. The lowest BCUT2D eigenvalue weighted by atomic mass is 9.93. The Balaban J connectivity index is 1.67. The number of hydrogen-bond acceptors (Lipinski definition) is 9. The van der Waals surface area contributed by atoms with Gasteiger partial charge in [-0.1, -0.05) is 31.9 Å². The molecule has 196 valence electrons. The first-order valence-corrected chi connectivity index (χ1v) is 12.8. The highest BCUT2D eigenvalue weighted by Gasteiger charge is 2.45. The van der Waals surface area contributed by atoms with E-state index in [1.165, 1.54) is 11.5 Å². The molecule has 2 atom stereocenters. The molecule has 0 spiro atoms. The van der Waals surface area contributed by atoms with Gasteiger partial charge in [0.1, 0.15) is 33.9 Å². The van der Waals surface area contributed by atoms with Crippen molar-refractivity contribution in [3.05, 3.63) is 11.1 Å². The highest BCUT2D eigenvalue weighted by molar-refractivity contribution is 9.10. The molecule has 2 bridgehead atoms. The Morgan fingerprint density at radius 3 is 1.69 bits per heavy atom. The van der Waals surface area contributed by atoms with Gasteiger partial charge in [0.15, 0.2) is 11.8 Å². The van der Waals surface area contributed by atoms with Crippen LogP contribution in [0.4, 0.5) is 0 Å². The summed E-state index contributed by atoms with van der Waals surface area (Å²) in [6.45, 7) is 6.91. The summed E-state index contributed by atoms with van der Waals surface area (Å²) in [6.07, 6.45) is 1.07. The predicted molar refractivity (Wildman–Crippen MR) is 131 cm³/mol. The van der Waals surface area contributed by atoms with Crippen molar-refractivity contribution in [3.8, 4) is 11.8 Å². The Hall–Kier alpha value is -1.79. The van der Waals surface area contributed by atoms with Gasteiger partial charge in [0, 0.05) is 0 Å². The summed E-state index contributed by atoms with van der Waals surface area (Å²) in [5, 5.41) is 21.2. The van der Waals surface area contributed by atoms with Crippen LogP contribution in [-0.2, 0) is 39.9 Å². The van der Waals surface area contributed by atoms with Gasteiger partial charge in [-0.05, 0) is 47.5 Å². The molecule has 0 amide bonds. The van der Waals surface area contributed by atoms with E-state index < -0.39 is 32.0 Å². The molecule has 1 saturated heterocycles. The molecule has 2 N–H and O–H groups in total. The van der Waals surface area contributed by atoms with Crippen molar-refractivity contribution in [2.45, 2.75) is 74.9 Å². The Kier molecular flexibility index (Phi) is 7.88. The molecule has 35 heavy (non-hydrogen) atoms. The second kappa shape index (κ2) is 9.93. The number of halogens is 2. The zero-order chi connectivity index (χ0) is 26.3. The molecule has 1 aromatic heterocycles. The van der Waals surface area contributed by atoms with Crippen molar-refractivity contribution in [2.24, 2.45) is 5.41 Å². The standard InChI is InChI=1S/C23H31Br2NO9/c1-21(2,24)18(29)33-10-23(5,11-34-19(30)22(3,4)25)20(31)32-9-8-26-16(27)14-12-6-7-13(35-12)15(14)17(26)28/h12-13,27-28H,6-11H2,1-5H3. The van der Waals surface area contributed by atoms with Crippen molar-refractivity contribution < 1.29 is 43.5 Å². The summed E-state index contributed by atoms with van der Waals surface area (Å²) in [5.41, 5.74) is -0.316. The second-order valence-corrected chi connectivity index (χ2v) is 14.1. The number of carbonyl (C=O) groups excluding carboxylic acids is 3. The zero-order valence-electron chi connectivity index (χ0n) is 20.4. The third-order valence-corrected chi connectivity index (χ3v) is 6.65. The topological polar surface area (TPSA) is 134 Å². The predicted octanol–water partition coefficient (Wildman–Crippen LogP) is 3.79. The first kappa shape index (κ1) is 27.8. The van der Waals surface area contributed by atoms with Crippen LogP contribution in [-0.4, -0.2) is 61.2 Å². The molecule has 0 aromatic carbocycles. The minimum absolute atomic E-state index is 0.00559. The number of alkyl halides is 2. The van der Waals surface area contributed by atoms with Gasteiger partial charge in [0.2, 0.25) is 0 Å². The van der Waals surface area contributed by atoms with E-state index in [0.29, 0.717) is 11.1 Å². The molecular weight excluding hydrogens is 594 g/mol. The molecule has 0 aliphatic carbocycles. The number of nitrogens with zero attached hydrogens (tertiary/aromatic N) is 1. The van der Waals surface area contributed by atoms with Crippen molar-refractivity contribution in [1.29, 1.82) is 0 Å². The normalized spacial score (nSPS) is 19.4. The molecule has 2 aliphatic heterocycles. The van der Waals surface area contributed by atoms with E-state index in [1.807, 2.05) is 0 Å². The fraction of sp³-hybridized carbons (Fsp3) is 0.696. The van der Waals surface area contributed by atoms with Crippen LogP contribution in [0.5, 0.6) is 11.8 Å². The van der Waals surface area contributed by atoms with E-state index >= 15 is 0 Å². The van der Waals surface area contributed by atoms with E-state index in [0.717, 1.165) is 12.8 Å². The molecule has 10 nitrogen and oxygen atoms in total. The van der Waals surface area contributed by atoms with E-state index in [9.17, 15) is 24.6 Å². The Labute approximate surface area is 220 Å². The number of aromatic hydroxyl groups is 2. The number of ether oxygens (including phenoxy) is 4. The first-order chi connectivity index (χ1) is 16.1. The maximum absolute atomic E-state index is 13.0. The average Bonchev–Trinajstić information content (AvgIpc) is 3.44. The lowest BCUT2D eigenvalue weighted by Gasteiger charge is -2.28. The third-order valence-electron chi connectivity index (χ3n) is 6.00.